The Morgan fingerprint density at radius 2 is 2.09 bits per heavy atom. The molecule has 0 amide bonds. The molecule has 1 atom stereocenters. The number of aromatic nitrogens is 4. The number of aryl methyl sites for hydroxylation is 1. The average Bonchev–Trinajstić information content (AvgIpc) is 3.56. The number of para-hydroxylation sites is 1. The quantitative estimate of drug-likeness (QED) is 0.336. The van der Waals surface area contributed by atoms with Gasteiger partial charge in [0.05, 0.1) is 6.54 Å². The number of likely N-dealkylation sites (N-methyl/N-ethyl adjacent to an activating group) is 1. The van der Waals surface area contributed by atoms with E-state index in [2.05, 4.69) is 79.6 Å². The van der Waals surface area contributed by atoms with Crippen LogP contribution in [0.25, 0.3) is 10.9 Å². The third kappa shape index (κ3) is 5.48. The Bertz CT molecular complexity index is 1000. The number of H-pyrrole nitrogens is 1. The lowest BCUT2D eigenvalue weighted by Gasteiger charge is -2.21. The average molecular weight is 437 g/mol. The lowest BCUT2D eigenvalue weighted by atomic mass is 10.1. The first kappa shape index (κ1) is 22.3. The van der Waals surface area contributed by atoms with Crippen molar-refractivity contribution in [1.82, 2.24) is 35.3 Å². The fraction of sp³-hybridized carbons (Fsp3) is 0.542. The normalized spacial score (nSPS) is 17.3. The fourth-order valence-electron chi connectivity index (χ4n) is 4.58. The van der Waals surface area contributed by atoms with Crippen LogP contribution in [0.15, 0.2) is 41.8 Å². The molecule has 4 rings (SSSR count). The summed E-state index contributed by atoms with van der Waals surface area (Å²) < 4.78 is 2.10. The van der Waals surface area contributed by atoms with Crippen molar-refractivity contribution in [2.24, 2.45) is 4.99 Å². The minimum atomic E-state index is 0.553. The van der Waals surface area contributed by atoms with Crippen molar-refractivity contribution in [2.75, 3.05) is 32.7 Å². The van der Waals surface area contributed by atoms with E-state index in [4.69, 9.17) is 4.99 Å². The number of rotatable bonds is 10. The minimum absolute atomic E-state index is 0.553. The Balaban J connectivity index is 1.35. The van der Waals surface area contributed by atoms with Gasteiger partial charge < -0.3 is 20.2 Å². The van der Waals surface area contributed by atoms with E-state index in [-0.39, 0.29) is 0 Å². The molecule has 1 saturated heterocycles. The van der Waals surface area contributed by atoms with Crippen LogP contribution in [0.1, 0.15) is 38.1 Å². The van der Waals surface area contributed by atoms with Gasteiger partial charge in [0, 0.05) is 49.2 Å². The van der Waals surface area contributed by atoms with Crippen molar-refractivity contribution in [1.29, 1.82) is 0 Å². The number of guanidine groups is 1. The largest absolute Gasteiger partial charge is 0.361 e. The van der Waals surface area contributed by atoms with Gasteiger partial charge in [-0.3, -0.25) is 9.89 Å². The highest BCUT2D eigenvalue weighted by molar-refractivity contribution is 5.83. The van der Waals surface area contributed by atoms with E-state index in [1.54, 1.807) is 6.33 Å². The lowest BCUT2D eigenvalue weighted by Crippen LogP contribution is -2.41. The van der Waals surface area contributed by atoms with Crippen LogP contribution in [0.2, 0.25) is 0 Å². The summed E-state index contributed by atoms with van der Waals surface area (Å²) in [5.74, 6) is 1.90. The summed E-state index contributed by atoms with van der Waals surface area (Å²) in [6.07, 6.45) is 8.27. The van der Waals surface area contributed by atoms with Crippen LogP contribution in [0.5, 0.6) is 0 Å². The van der Waals surface area contributed by atoms with E-state index >= 15 is 0 Å². The van der Waals surface area contributed by atoms with Gasteiger partial charge in [-0.1, -0.05) is 32.0 Å². The fourth-order valence-corrected chi connectivity index (χ4v) is 4.58. The zero-order valence-corrected chi connectivity index (χ0v) is 19.3. The van der Waals surface area contributed by atoms with Crippen LogP contribution in [-0.4, -0.2) is 69.4 Å². The lowest BCUT2D eigenvalue weighted by molar-refractivity contribution is 0.273. The molecule has 1 fully saturated rings. The van der Waals surface area contributed by atoms with Gasteiger partial charge in [-0.25, -0.2) is 0 Å². The number of nitrogens with one attached hydrogen (secondary N) is 3. The topological polar surface area (TPSA) is 86.2 Å². The second-order valence-corrected chi connectivity index (χ2v) is 8.37. The maximum absolute atomic E-state index is 4.95. The van der Waals surface area contributed by atoms with Crippen molar-refractivity contribution in [2.45, 2.75) is 52.1 Å². The van der Waals surface area contributed by atoms with E-state index in [0.29, 0.717) is 6.04 Å². The summed E-state index contributed by atoms with van der Waals surface area (Å²) in [6, 6.07) is 9.02. The third-order valence-electron chi connectivity index (χ3n) is 6.38. The van der Waals surface area contributed by atoms with Crippen molar-refractivity contribution in [3.63, 3.8) is 0 Å². The molecule has 172 valence electrons. The molecule has 1 aromatic carbocycles. The first-order valence-corrected chi connectivity index (χ1v) is 12.0. The number of likely N-dealkylation sites (tertiary alicyclic amines) is 1. The number of hydrogen-bond acceptors (Lipinski definition) is 4. The highest BCUT2D eigenvalue weighted by Crippen LogP contribution is 2.18. The van der Waals surface area contributed by atoms with Gasteiger partial charge in [-0.2, -0.15) is 0 Å². The molecule has 0 aliphatic carbocycles. The Morgan fingerprint density at radius 3 is 2.97 bits per heavy atom. The molecular weight excluding hydrogens is 400 g/mol. The smallest absolute Gasteiger partial charge is 0.191 e. The van der Waals surface area contributed by atoms with Crippen molar-refractivity contribution >= 4 is 16.9 Å². The Kier molecular flexibility index (Phi) is 7.77. The van der Waals surface area contributed by atoms with Gasteiger partial charge >= 0.3 is 0 Å². The highest BCUT2D eigenvalue weighted by atomic mass is 15.3. The molecule has 1 aliphatic rings. The highest BCUT2D eigenvalue weighted by Gasteiger charge is 2.22. The van der Waals surface area contributed by atoms with E-state index < -0.39 is 0 Å². The predicted molar refractivity (Wildman–Crippen MR) is 130 cm³/mol. The first-order valence-electron chi connectivity index (χ1n) is 12.0. The summed E-state index contributed by atoms with van der Waals surface area (Å²) in [4.78, 5) is 10.9. The minimum Gasteiger partial charge on any atom is -0.361 e. The van der Waals surface area contributed by atoms with Crippen LogP contribution in [0, 0.1) is 0 Å². The molecule has 0 saturated carbocycles. The number of fused-ring (bicyclic) bond motifs is 1. The third-order valence-corrected chi connectivity index (χ3v) is 6.38. The molecule has 2 aromatic heterocycles. The molecule has 0 bridgehead atoms. The zero-order chi connectivity index (χ0) is 22.2. The number of nitrogens with zero attached hydrogens (tertiary/aromatic N) is 5. The Morgan fingerprint density at radius 1 is 1.22 bits per heavy atom. The van der Waals surface area contributed by atoms with Gasteiger partial charge in [0.2, 0.25) is 0 Å². The summed E-state index contributed by atoms with van der Waals surface area (Å²) in [7, 11) is 0. The van der Waals surface area contributed by atoms with Gasteiger partial charge in [0.15, 0.2) is 5.96 Å². The van der Waals surface area contributed by atoms with Gasteiger partial charge in [-0.05, 0) is 44.0 Å². The van der Waals surface area contributed by atoms with Crippen LogP contribution in [0.4, 0.5) is 0 Å². The first-order chi connectivity index (χ1) is 15.8. The molecule has 0 spiro atoms. The molecule has 0 radical (unpaired) electrons. The van der Waals surface area contributed by atoms with Crippen LogP contribution in [0.3, 0.4) is 0 Å². The molecular formula is C24H36N8. The van der Waals surface area contributed by atoms with Gasteiger partial charge in [-0.15, -0.1) is 10.2 Å². The number of benzene rings is 1. The van der Waals surface area contributed by atoms with Crippen molar-refractivity contribution in [3.8, 4) is 0 Å². The molecule has 3 aromatic rings. The molecule has 32 heavy (non-hydrogen) atoms. The monoisotopic (exact) mass is 436 g/mol. The number of aromatic amines is 1. The number of aliphatic imine (C=N–C) groups is 1. The van der Waals surface area contributed by atoms with E-state index in [1.807, 2.05) is 0 Å². The standard InChI is InChI=1S/C24H36N8/c1-3-23-30-29-18-32(23)15-13-26-24(28-17-20-8-7-14-31(20)4-2)25-12-11-19-16-27-22-10-6-5-9-21(19)22/h5-6,9-10,16,18,20,27H,3-4,7-8,11-15,17H2,1-2H3,(H2,25,26,28). The summed E-state index contributed by atoms with van der Waals surface area (Å²) in [5.41, 5.74) is 2.52. The molecule has 8 heteroatoms. The summed E-state index contributed by atoms with van der Waals surface area (Å²) >= 11 is 0. The predicted octanol–water partition coefficient (Wildman–Crippen LogP) is 2.58. The maximum atomic E-state index is 4.95. The second kappa shape index (κ2) is 11.1. The van der Waals surface area contributed by atoms with E-state index in [9.17, 15) is 0 Å². The molecule has 1 unspecified atom stereocenters. The second-order valence-electron chi connectivity index (χ2n) is 8.37. The summed E-state index contributed by atoms with van der Waals surface area (Å²) in [5, 5.41) is 16.6. The zero-order valence-electron chi connectivity index (χ0n) is 19.3. The SMILES string of the molecule is CCc1nncn1CCNC(=NCC1CCCN1CC)NCCc1c[nH]c2ccccc12. The van der Waals surface area contributed by atoms with E-state index in [1.165, 1.54) is 35.9 Å². The Hall–Kier alpha value is -2.87. The number of hydrogen-bond donors (Lipinski definition) is 3. The molecule has 3 heterocycles. The van der Waals surface area contributed by atoms with Gasteiger partial charge in [0.25, 0.3) is 0 Å². The maximum Gasteiger partial charge on any atom is 0.191 e. The molecule has 3 N–H and O–H groups in total. The summed E-state index contributed by atoms with van der Waals surface area (Å²) in [6.45, 7) is 9.92. The van der Waals surface area contributed by atoms with Crippen LogP contribution in [-0.2, 0) is 19.4 Å². The molecule has 8 nitrogen and oxygen atoms in total. The van der Waals surface area contributed by atoms with Crippen molar-refractivity contribution in [3.05, 3.63) is 48.2 Å². The van der Waals surface area contributed by atoms with Crippen molar-refractivity contribution < 1.29 is 0 Å². The van der Waals surface area contributed by atoms with Gasteiger partial charge in [0.1, 0.15) is 12.2 Å². The van der Waals surface area contributed by atoms with Crippen LogP contribution < -0.4 is 10.6 Å². The van der Waals surface area contributed by atoms with Crippen LogP contribution >= 0.6 is 0 Å². The molecule has 1 aliphatic heterocycles. The Labute approximate surface area is 190 Å². The van der Waals surface area contributed by atoms with E-state index in [0.717, 1.165) is 57.3 Å².